The van der Waals surface area contributed by atoms with Gasteiger partial charge in [0.2, 0.25) is 0 Å². The molecule has 0 fully saturated rings. The number of benzene rings is 1. The molecule has 1 N–H and O–H groups in total. The van der Waals surface area contributed by atoms with Gasteiger partial charge in [-0.05, 0) is 37.1 Å². The number of hydrogen-bond acceptors (Lipinski definition) is 2. The second-order valence-electron chi connectivity index (χ2n) is 4.02. The van der Waals surface area contributed by atoms with Gasteiger partial charge in [0.15, 0.2) is 5.88 Å². The molecular weight excluding hydrogens is 238 g/mol. The summed E-state index contributed by atoms with van der Waals surface area (Å²) in [6.07, 6.45) is 0. The summed E-state index contributed by atoms with van der Waals surface area (Å²) in [6, 6.07) is 8.29. The topological polar surface area (TPSA) is 42.2 Å². The third-order valence-corrected chi connectivity index (χ3v) is 2.80. The van der Waals surface area contributed by atoms with Crippen molar-refractivity contribution in [1.82, 2.24) is 4.57 Å². The zero-order valence-corrected chi connectivity index (χ0v) is 10.3. The molecule has 0 saturated carbocycles. The molecule has 0 aliphatic heterocycles. The van der Waals surface area contributed by atoms with E-state index >= 15 is 0 Å². The molecule has 2 aromatic rings. The molecule has 0 spiro atoms. The quantitative estimate of drug-likeness (QED) is 0.845. The zero-order valence-electron chi connectivity index (χ0n) is 9.57. The number of pyridine rings is 1. The van der Waals surface area contributed by atoms with Crippen molar-refractivity contribution in [3.05, 3.63) is 56.8 Å². The van der Waals surface area contributed by atoms with Crippen LogP contribution in [0.25, 0.3) is 5.69 Å². The lowest BCUT2D eigenvalue weighted by Crippen LogP contribution is -2.17. The van der Waals surface area contributed by atoms with Crippen LogP contribution >= 0.6 is 11.6 Å². The summed E-state index contributed by atoms with van der Waals surface area (Å²) in [5, 5.41) is 10.3. The first-order valence-corrected chi connectivity index (χ1v) is 5.56. The standard InChI is InChI=1S/C13H12ClNO2/c1-8-3-4-11(10(14)5-8)15-12(16)6-9(2)7-13(15)17/h3-7,16H,1-2H3. The van der Waals surface area contributed by atoms with Crippen molar-refractivity contribution in [2.75, 3.05) is 0 Å². The molecule has 0 radical (unpaired) electrons. The molecule has 0 unspecified atom stereocenters. The van der Waals surface area contributed by atoms with Crippen LogP contribution in [0, 0.1) is 13.8 Å². The maximum Gasteiger partial charge on any atom is 0.258 e. The van der Waals surface area contributed by atoms with Crippen molar-refractivity contribution < 1.29 is 5.11 Å². The van der Waals surface area contributed by atoms with Crippen molar-refractivity contribution in [3.63, 3.8) is 0 Å². The minimum Gasteiger partial charge on any atom is -0.494 e. The van der Waals surface area contributed by atoms with Gasteiger partial charge in [0.25, 0.3) is 5.56 Å². The number of rotatable bonds is 1. The van der Waals surface area contributed by atoms with Gasteiger partial charge in [0, 0.05) is 12.1 Å². The van der Waals surface area contributed by atoms with Crippen LogP contribution in [0.15, 0.2) is 35.1 Å². The molecule has 1 heterocycles. The Balaban J connectivity index is 2.73. The van der Waals surface area contributed by atoms with E-state index in [1.54, 1.807) is 19.1 Å². The highest BCUT2D eigenvalue weighted by Crippen LogP contribution is 2.24. The van der Waals surface area contributed by atoms with E-state index < -0.39 is 0 Å². The molecule has 3 nitrogen and oxygen atoms in total. The highest BCUT2D eigenvalue weighted by molar-refractivity contribution is 6.32. The largest absolute Gasteiger partial charge is 0.494 e. The Bertz CT molecular complexity index is 632. The summed E-state index contributed by atoms with van der Waals surface area (Å²) in [4.78, 5) is 11.8. The number of aryl methyl sites for hydroxylation is 2. The molecule has 4 heteroatoms. The van der Waals surface area contributed by atoms with Crippen LogP contribution in [-0.4, -0.2) is 9.67 Å². The van der Waals surface area contributed by atoms with Crippen molar-refractivity contribution in [3.8, 4) is 11.6 Å². The Labute approximate surface area is 104 Å². The molecule has 0 aliphatic carbocycles. The maximum absolute atomic E-state index is 11.8. The van der Waals surface area contributed by atoms with Crippen LogP contribution in [-0.2, 0) is 0 Å². The molecule has 2 rings (SSSR count). The third kappa shape index (κ3) is 2.19. The van der Waals surface area contributed by atoms with Crippen LogP contribution in [0.5, 0.6) is 5.88 Å². The number of aromatic nitrogens is 1. The Kier molecular flexibility index (Phi) is 2.94. The SMILES string of the molecule is Cc1ccc(-n2c(O)cc(C)cc2=O)c(Cl)c1. The van der Waals surface area contributed by atoms with Crippen LogP contribution < -0.4 is 5.56 Å². The summed E-state index contributed by atoms with van der Waals surface area (Å²) < 4.78 is 1.19. The molecule has 17 heavy (non-hydrogen) atoms. The van der Waals surface area contributed by atoms with Gasteiger partial charge >= 0.3 is 0 Å². The first-order valence-electron chi connectivity index (χ1n) is 5.18. The average Bonchev–Trinajstić information content (AvgIpc) is 2.19. The van der Waals surface area contributed by atoms with E-state index in [2.05, 4.69) is 0 Å². The molecule has 0 saturated heterocycles. The molecule has 0 bridgehead atoms. The van der Waals surface area contributed by atoms with E-state index in [0.717, 1.165) is 5.56 Å². The predicted octanol–water partition coefficient (Wildman–Crippen LogP) is 2.81. The lowest BCUT2D eigenvalue weighted by molar-refractivity contribution is 0.435. The Morgan fingerprint density at radius 1 is 1.12 bits per heavy atom. The Hall–Kier alpha value is -1.74. The fourth-order valence-electron chi connectivity index (χ4n) is 1.72. The van der Waals surface area contributed by atoms with Crippen LogP contribution in [0.3, 0.4) is 0 Å². The van der Waals surface area contributed by atoms with E-state index in [4.69, 9.17) is 11.6 Å². The van der Waals surface area contributed by atoms with Crippen molar-refractivity contribution in [2.45, 2.75) is 13.8 Å². The monoisotopic (exact) mass is 249 g/mol. The molecule has 1 aromatic carbocycles. The van der Waals surface area contributed by atoms with Gasteiger partial charge in [-0.25, -0.2) is 4.57 Å². The van der Waals surface area contributed by atoms with Crippen molar-refractivity contribution in [1.29, 1.82) is 0 Å². The minimum absolute atomic E-state index is 0.110. The third-order valence-electron chi connectivity index (χ3n) is 2.50. The normalized spacial score (nSPS) is 10.5. The number of halogens is 1. The molecule has 1 aromatic heterocycles. The number of hydrogen-bond donors (Lipinski definition) is 1. The van der Waals surface area contributed by atoms with Crippen molar-refractivity contribution >= 4 is 11.6 Å². The number of nitrogens with zero attached hydrogens (tertiary/aromatic N) is 1. The van der Waals surface area contributed by atoms with E-state index in [9.17, 15) is 9.90 Å². The Morgan fingerprint density at radius 2 is 1.82 bits per heavy atom. The summed E-state index contributed by atoms with van der Waals surface area (Å²) in [7, 11) is 0. The van der Waals surface area contributed by atoms with Gasteiger partial charge in [-0.1, -0.05) is 17.7 Å². The summed E-state index contributed by atoms with van der Waals surface area (Å²) >= 11 is 6.08. The van der Waals surface area contributed by atoms with E-state index in [1.807, 2.05) is 13.0 Å². The lowest BCUT2D eigenvalue weighted by Gasteiger charge is -2.11. The molecule has 0 atom stereocenters. The lowest BCUT2D eigenvalue weighted by atomic mass is 10.2. The maximum atomic E-state index is 11.8. The zero-order chi connectivity index (χ0) is 12.6. The van der Waals surface area contributed by atoms with Crippen LogP contribution in [0.2, 0.25) is 5.02 Å². The first-order chi connectivity index (χ1) is 7.99. The van der Waals surface area contributed by atoms with Gasteiger partial charge in [-0.2, -0.15) is 0 Å². The van der Waals surface area contributed by atoms with Crippen LogP contribution in [0.1, 0.15) is 11.1 Å². The fraction of sp³-hybridized carbons (Fsp3) is 0.154. The van der Waals surface area contributed by atoms with E-state index in [0.29, 0.717) is 16.3 Å². The summed E-state index contributed by atoms with van der Waals surface area (Å²) in [5.74, 6) is -0.110. The van der Waals surface area contributed by atoms with E-state index in [-0.39, 0.29) is 11.4 Å². The van der Waals surface area contributed by atoms with Gasteiger partial charge < -0.3 is 5.11 Å². The van der Waals surface area contributed by atoms with Gasteiger partial charge in [0.1, 0.15) is 0 Å². The fourth-order valence-corrected chi connectivity index (χ4v) is 2.04. The first kappa shape index (κ1) is 11.7. The second kappa shape index (κ2) is 4.26. The Morgan fingerprint density at radius 3 is 2.41 bits per heavy atom. The summed E-state index contributed by atoms with van der Waals surface area (Å²) in [6.45, 7) is 3.66. The molecule has 0 aliphatic rings. The molecule has 0 amide bonds. The van der Waals surface area contributed by atoms with Crippen LogP contribution in [0.4, 0.5) is 0 Å². The average molecular weight is 250 g/mol. The van der Waals surface area contributed by atoms with Gasteiger partial charge in [-0.3, -0.25) is 4.79 Å². The molecular formula is C13H12ClNO2. The predicted molar refractivity (Wildman–Crippen MR) is 68.2 cm³/mol. The highest BCUT2D eigenvalue weighted by Gasteiger charge is 2.09. The number of aromatic hydroxyl groups is 1. The highest BCUT2D eigenvalue weighted by atomic mass is 35.5. The summed E-state index contributed by atoms with van der Waals surface area (Å²) in [5.41, 5.74) is 1.90. The van der Waals surface area contributed by atoms with Gasteiger partial charge in [0.05, 0.1) is 10.7 Å². The molecule has 88 valence electrons. The second-order valence-corrected chi connectivity index (χ2v) is 4.43. The minimum atomic E-state index is -0.298. The van der Waals surface area contributed by atoms with Crippen molar-refractivity contribution in [2.24, 2.45) is 0 Å². The van der Waals surface area contributed by atoms with E-state index in [1.165, 1.54) is 16.7 Å². The smallest absolute Gasteiger partial charge is 0.258 e. The van der Waals surface area contributed by atoms with Gasteiger partial charge in [-0.15, -0.1) is 0 Å².